The highest BCUT2D eigenvalue weighted by Crippen LogP contribution is 2.32. The summed E-state index contributed by atoms with van der Waals surface area (Å²) in [5, 5.41) is 17.3. The molecule has 8 heteroatoms. The van der Waals surface area contributed by atoms with E-state index in [1.54, 1.807) is 12.3 Å². The molecule has 3 rings (SSSR count). The summed E-state index contributed by atoms with van der Waals surface area (Å²) < 4.78 is 3.32. The van der Waals surface area contributed by atoms with E-state index >= 15 is 0 Å². The zero-order valence-electron chi connectivity index (χ0n) is 11.6. The molecular weight excluding hydrogens is 414 g/mol. The van der Waals surface area contributed by atoms with Gasteiger partial charge in [0, 0.05) is 11.6 Å². The van der Waals surface area contributed by atoms with Crippen LogP contribution >= 0.6 is 28.4 Å². The summed E-state index contributed by atoms with van der Waals surface area (Å²) in [4.78, 5) is 12.3. The molecule has 1 atom stereocenters. The Morgan fingerprint density at radius 1 is 1.50 bits per heavy atom. The Labute approximate surface area is 141 Å². The third kappa shape index (κ3) is 2.53. The number of aromatic nitrogens is 4. The van der Waals surface area contributed by atoms with Crippen molar-refractivity contribution in [2.24, 2.45) is 0 Å². The van der Waals surface area contributed by atoms with Gasteiger partial charge in [0.15, 0.2) is 0 Å². The first-order valence-corrected chi connectivity index (χ1v) is 10.7. The molecule has 0 saturated carbocycles. The van der Waals surface area contributed by atoms with Crippen LogP contribution in [0.15, 0.2) is 35.8 Å². The van der Waals surface area contributed by atoms with Crippen LogP contribution in [0, 0.1) is 0 Å². The second kappa shape index (κ2) is 6.36. The summed E-state index contributed by atoms with van der Waals surface area (Å²) in [6.45, 7) is 3.98. The smallest absolute Gasteiger partial charge is 0.274 e. The molecule has 0 aliphatic heterocycles. The number of benzene rings is 1. The normalized spacial score (nSPS) is 11.7. The van der Waals surface area contributed by atoms with Crippen molar-refractivity contribution in [3.8, 4) is 11.1 Å². The van der Waals surface area contributed by atoms with Crippen molar-refractivity contribution in [2.45, 2.75) is 6.54 Å². The minimum atomic E-state index is -0.142. The lowest BCUT2D eigenvalue weighted by molar-refractivity contribution is 0.267. The molecule has 0 radical (unpaired) electrons. The number of fused-ring (bicyclic) bond motifs is 1. The summed E-state index contributed by atoms with van der Waals surface area (Å²) in [7, 11) is 0. The minimum absolute atomic E-state index is 0.0805. The van der Waals surface area contributed by atoms with Crippen LogP contribution in [0.2, 0.25) is 0 Å². The number of rotatable bonds is 5. The van der Waals surface area contributed by atoms with Crippen molar-refractivity contribution in [1.29, 1.82) is 0 Å². The summed E-state index contributed by atoms with van der Waals surface area (Å²) in [5.41, 5.74) is 3.10. The Kier molecular flexibility index (Phi) is 4.46. The van der Waals surface area contributed by atoms with Crippen molar-refractivity contribution in [3.05, 3.63) is 47.0 Å². The molecule has 114 valence electrons. The van der Waals surface area contributed by atoms with Gasteiger partial charge >= 0.3 is 0 Å². The zero-order valence-corrected chi connectivity index (χ0v) is 14.7. The van der Waals surface area contributed by atoms with E-state index in [4.69, 9.17) is 5.11 Å². The number of H-pyrrole nitrogens is 1. The van der Waals surface area contributed by atoms with E-state index in [9.17, 15) is 4.79 Å². The lowest BCUT2D eigenvalue weighted by atomic mass is 10.1. The zero-order chi connectivity index (χ0) is 15.7. The van der Waals surface area contributed by atoms with Crippen LogP contribution in [0.1, 0.15) is 5.69 Å². The largest absolute Gasteiger partial charge is 0.394 e. The number of hydrogen-bond donors (Lipinski definition) is 2. The van der Waals surface area contributed by atoms with Gasteiger partial charge in [0.2, 0.25) is 0 Å². The van der Waals surface area contributed by atoms with Gasteiger partial charge in [-0.05, 0) is 45.8 Å². The molecule has 2 N–H and O–H groups in total. The molecule has 0 fully saturated rings. The maximum atomic E-state index is 12.3. The fourth-order valence-electron chi connectivity index (χ4n) is 2.41. The van der Waals surface area contributed by atoms with Crippen LogP contribution in [-0.2, 0) is 6.54 Å². The number of aliphatic hydroxyl groups excluding tert-OH is 1. The number of nitrogens with zero attached hydrogens (tertiary/aromatic N) is 3. The van der Waals surface area contributed by atoms with Crippen molar-refractivity contribution < 1.29 is 5.11 Å². The predicted molar refractivity (Wildman–Crippen MR) is 98.7 cm³/mol. The number of halogens is 1. The van der Waals surface area contributed by atoms with Gasteiger partial charge in [0.25, 0.3) is 5.56 Å². The lowest BCUT2D eigenvalue weighted by Crippen LogP contribution is -2.19. The second-order valence-electron chi connectivity index (χ2n) is 4.69. The average Bonchev–Trinajstić information content (AvgIpc) is 3.08. The minimum Gasteiger partial charge on any atom is -0.394 e. The van der Waals surface area contributed by atoms with Crippen LogP contribution in [0.5, 0.6) is 0 Å². The van der Waals surface area contributed by atoms with Gasteiger partial charge < -0.3 is 10.2 Å². The van der Waals surface area contributed by atoms with Crippen LogP contribution < -0.4 is 5.56 Å². The van der Waals surface area contributed by atoms with Crippen molar-refractivity contribution in [3.63, 3.8) is 0 Å². The highest BCUT2D eigenvalue weighted by atomic mass is 127. The Balaban J connectivity index is 2.16. The first kappa shape index (κ1) is 15.5. The van der Waals surface area contributed by atoms with Gasteiger partial charge in [-0.3, -0.25) is 9.48 Å². The molecule has 0 saturated heterocycles. The third-order valence-electron chi connectivity index (χ3n) is 3.46. The van der Waals surface area contributed by atoms with E-state index in [0.29, 0.717) is 11.9 Å². The molecule has 1 unspecified atom stereocenters. The Bertz CT molecular complexity index is 896. The van der Waals surface area contributed by atoms with Crippen LogP contribution in [-0.4, -0.2) is 31.0 Å². The van der Waals surface area contributed by atoms with Gasteiger partial charge in [-0.15, -0.1) is 0 Å². The Morgan fingerprint density at radius 3 is 3.00 bits per heavy atom. The van der Waals surface area contributed by atoms with Gasteiger partial charge in [-0.2, -0.15) is 5.10 Å². The van der Waals surface area contributed by atoms with Crippen molar-refractivity contribution >= 4 is 45.4 Å². The van der Waals surface area contributed by atoms with Crippen molar-refractivity contribution in [2.75, 3.05) is 6.61 Å². The molecule has 22 heavy (non-hydrogen) atoms. The average molecular weight is 428 g/mol. The van der Waals surface area contributed by atoms with E-state index in [-0.39, 0.29) is 18.7 Å². The second-order valence-corrected chi connectivity index (χ2v) is 6.73. The topological polar surface area (TPSA) is 75.8 Å². The van der Waals surface area contributed by atoms with E-state index in [0.717, 1.165) is 22.2 Å². The molecule has 3 aromatic rings. The third-order valence-corrected chi connectivity index (χ3v) is 5.33. The molecular formula is C14H14IN4O2P. The fraction of sp³-hybridized carbons (Fsp3) is 0.143. The Hall–Kier alpha value is -1.44. The summed E-state index contributed by atoms with van der Waals surface area (Å²) in [6.07, 6.45) is 3.89. The SMILES string of the molecule is C=Cc1nn(PI)c2ccc(-c3c[nH]n(CCO)c3=O)cc12. The summed E-state index contributed by atoms with van der Waals surface area (Å²) in [6, 6.07) is 5.84. The number of nitrogens with one attached hydrogen (secondary N) is 1. The maximum absolute atomic E-state index is 12.3. The molecule has 0 bridgehead atoms. The molecule has 2 aromatic heterocycles. The monoisotopic (exact) mass is 428 g/mol. The summed E-state index contributed by atoms with van der Waals surface area (Å²) >= 11 is 2.28. The quantitative estimate of drug-likeness (QED) is 0.485. The van der Waals surface area contributed by atoms with Crippen LogP contribution in [0.25, 0.3) is 28.1 Å². The lowest BCUT2D eigenvalue weighted by Gasteiger charge is -2.00. The molecule has 6 nitrogen and oxygen atoms in total. The number of aromatic amines is 1. The molecule has 0 aliphatic rings. The molecule has 1 aromatic carbocycles. The first-order valence-electron chi connectivity index (χ1n) is 6.61. The molecule has 0 spiro atoms. The highest BCUT2D eigenvalue weighted by molar-refractivity contribution is 14.2. The van der Waals surface area contributed by atoms with Gasteiger partial charge in [0.1, 0.15) is 0 Å². The van der Waals surface area contributed by atoms with Crippen LogP contribution in [0.3, 0.4) is 0 Å². The number of aliphatic hydroxyl groups is 1. The standard InChI is InChI=1S/C14H14IN4O2P/c1-2-12-10-7-9(3-4-13(10)19(17-12)22-15)11-8-16-18(5-6-20)14(11)21/h2-4,7-8,16,20,22H,1,5-6H2. The van der Waals surface area contributed by atoms with E-state index < -0.39 is 0 Å². The van der Waals surface area contributed by atoms with E-state index in [2.05, 4.69) is 38.8 Å². The summed E-state index contributed by atoms with van der Waals surface area (Å²) in [5.74, 6) is 0. The Morgan fingerprint density at radius 2 is 2.32 bits per heavy atom. The first-order chi connectivity index (χ1) is 10.7. The van der Waals surface area contributed by atoms with Gasteiger partial charge in [-0.25, -0.2) is 4.45 Å². The van der Waals surface area contributed by atoms with Crippen molar-refractivity contribution in [1.82, 2.24) is 19.3 Å². The molecule has 0 aliphatic carbocycles. The fourth-order valence-corrected chi connectivity index (χ4v) is 3.94. The van der Waals surface area contributed by atoms with Gasteiger partial charge in [-0.1, -0.05) is 12.6 Å². The number of hydrogen-bond acceptors (Lipinski definition) is 3. The molecule has 0 amide bonds. The van der Waals surface area contributed by atoms with E-state index in [1.165, 1.54) is 4.68 Å². The van der Waals surface area contributed by atoms with E-state index in [1.807, 2.05) is 22.7 Å². The highest BCUT2D eigenvalue weighted by Gasteiger charge is 2.12. The maximum Gasteiger partial charge on any atom is 0.274 e. The molecule has 2 heterocycles. The predicted octanol–water partition coefficient (Wildman–Crippen LogP) is 2.62. The van der Waals surface area contributed by atoms with Gasteiger partial charge in [0.05, 0.1) is 36.3 Å². The van der Waals surface area contributed by atoms with Crippen LogP contribution in [0.4, 0.5) is 0 Å².